The van der Waals surface area contributed by atoms with Crippen LogP contribution in [0.1, 0.15) is 51.7 Å². The Kier molecular flexibility index (Phi) is 7.02. The summed E-state index contributed by atoms with van der Waals surface area (Å²) in [6, 6.07) is 15.3. The summed E-state index contributed by atoms with van der Waals surface area (Å²) in [6.07, 6.45) is 5.36. The molecule has 0 amide bonds. The Labute approximate surface area is 156 Å². The van der Waals surface area contributed by atoms with Crippen LogP contribution < -0.4 is 9.47 Å². The maximum atomic E-state index is 12.2. The Morgan fingerprint density at radius 1 is 1.04 bits per heavy atom. The zero-order valence-corrected chi connectivity index (χ0v) is 16.1. The minimum absolute atomic E-state index is 0.0891. The predicted octanol–water partition coefficient (Wildman–Crippen LogP) is 5.78. The number of ether oxygens (including phenoxy) is 2. The highest BCUT2D eigenvalue weighted by Gasteiger charge is 2.19. The first kappa shape index (κ1) is 19.8. The largest absolute Gasteiger partial charge is 0.494 e. The monoisotopic (exact) mass is 352 g/mol. The minimum atomic E-state index is -0.384. The van der Waals surface area contributed by atoms with Gasteiger partial charge < -0.3 is 9.47 Å². The molecule has 0 heterocycles. The molecule has 26 heavy (non-hydrogen) atoms. The lowest BCUT2D eigenvalue weighted by Crippen LogP contribution is -2.15. The molecule has 138 valence electrons. The summed E-state index contributed by atoms with van der Waals surface area (Å²) in [5.74, 6) is 1.07. The molecule has 0 aliphatic carbocycles. The van der Waals surface area contributed by atoms with E-state index in [1.54, 1.807) is 6.08 Å². The molecule has 2 aromatic rings. The van der Waals surface area contributed by atoms with Crippen LogP contribution in [0.5, 0.6) is 11.5 Å². The molecule has 0 aromatic heterocycles. The Bertz CT molecular complexity index is 737. The molecule has 3 nitrogen and oxygen atoms in total. The average molecular weight is 352 g/mol. The second-order valence-corrected chi connectivity index (χ2v) is 7.27. The van der Waals surface area contributed by atoms with Gasteiger partial charge >= 0.3 is 5.97 Å². The van der Waals surface area contributed by atoms with E-state index in [1.165, 1.54) is 6.08 Å². The number of unbranched alkanes of at least 4 members (excludes halogenated alkanes) is 1. The topological polar surface area (TPSA) is 35.5 Å². The SMILES string of the molecule is CCCCOc1ccc(/C=C/C(=O)Oc2ccccc2C(C)(C)C)cc1. The first-order chi connectivity index (χ1) is 12.4. The summed E-state index contributed by atoms with van der Waals surface area (Å²) >= 11 is 0. The molecule has 0 saturated heterocycles. The quantitative estimate of drug-likeness (QED) is 0.274. The molecule has 2 rings (SSSR count). The van der Waals surface area contributed by atoms with Gasteiger partial charge in [0.1, 0.15) is 11.5 Å². The number of carbonyl (C=O) groups is 1. The Morgan fingerprint density at radius 2 is 1.73 bits per heavy atom. The van der Waals surface area contributed by atoms with Gasteiger partial charge in [0.25, 0.3) is 0 Å². The van der Waals surface area contributed by atoms with Gasteiger partial charge in [0.05, 0.1) is 6.61 Å². The fraction of sp³-hybridized carbons (Fsp3) is 0.348. The van der Waals surface area contributed by atoms with E-state index in [1.807, 2.05) is 48.5 Å². The van der Waals surface area contributed by atoms with E-state index in [2.05, 4.69) is 27.7 Å². The molecule has 0 saturated carbocycles. The fourth-order valence-electron chi connectivity index (χ4n) is 2.49. The first-order valence-electron chi connectivity index (χ1n) is 9.12. The van der Waals surface area contributed by atoms with Crippen molar-refractivity contribution in [3.05, 3.63) is 65.7 Å². The summed E-state index contributed by atoms with van der Waals surface area (Å²) in [7, 11) is 0. The Balaban J connectivity index is 1.98. The second-order valence-electron chi connectivity index (χ2n) is 7.27. The number of hydrogen-bond acceptors (Lipinski definition) is 3. The molecule has 0 atom stereocenters. The summed E-state index contributed by atoms with van der Waals surface area (Å²) in [5, 5.41) is 0. The second kappa shape index (κ2) is 9.23. The molecule has 0 fully saturated rings. The van der Waals surface area contributed by atoms with Crippen molar-refractivity contribution in [1.29, 1.82) is 0 Å². The van der Waals surface area contributed by atoms with E-state index in [-0.39, 0.29) is 11.4 Å². The fourth-order valence-corrected chi connectivity index (χ4v) is 2.49. The molecule has 0 N–H and O–H groups in total. The molecule has 0 radical (unpaired) electrons. The normalized spacial score (nSPS) is 11.5. The highest BCUT2D eigenvalue weighted by atomic mass is 16.5. The zero-order chi connectivity index (χ0) is 19.0. The number of carbonyl (C=O) groups excluding carboxylic acids is 1. The van der Waals surface area contributed by atoms with Crippen molar-refractivity contribution in [2.45, 2.75) is 46.0 Å². The number of hydrogen-bond donors (Lipinski definition) is 0. The molecule has 0 bridgehead atoms. The van der Waals surface area contributed by atoms with Crippen molar-refractivity contribution in [3.8, 4) is 11.5 Å². The van der Waals surface area contributed by atoms with Crippen LogP contribution in [0, 0.1) is 0 Å². The lowest BCUT2D eigenvalue weighted by Gasteiger charge is -2.21. The molecule has 3 heteroatoms. The molecule has 0 aliphatic heterocycles. The predicted molar refractivity (Wildman–Crippen MR) is 107 cm³/mol. The number of rotatable bonds is 7. The van der Waals surface area contributed by atoms with Crippen molar-refractivity contribution in [3.63, 3.8) is 0 Å². The van der Waals surface area contributed by atoms with E-state index in [0.29, 0.717) is 5.75 Å². The first-order valence-corrected chi connectivity index (χ1v) is 9.12. The van der Waals surface area contributed by atoms with Gasteiger partial charge in [0.15, 0.2) is 0 Å². The van der Waals surface area contributed by atoms with Gasteiger partial charge in [-0.1, -0.05) is 64.4 Å². The average Bonchev–Trinajstić information content (AvgIpc) is 2.61. The van der Waals surface area contributed by atoms with E-state index in [4.69, 9.17) is 9.47 Å². The van der Waals surface area contributed by atoms with Gasteiger partial charge in [-0.2, -0.15) is 0 Å². The highest BCUT2D eigenvalue weighted by molar-refractivity contribution is 5.88. The molecule has 0 spiro atoms. The highest BCUT2D eigenvalue weighted by Crippen LogP contribution is 2.31. The van der Waals surface area contributed by atoms with Crippen molar-refractivity contribution >= 4 is 12.0 Å². The van der Waals surface area contributed by atoms with Gasteiger partial charge in [-0.25, -0.2) is 4.79 Å². The van der Waals surface area contributed by atoms with Crippen molar-refractivity contribution in [2.24, 2.45) is 0 Å². The van der Waals surface area contributed by atoms with Gasteiger partial charge in [-0.15, -0.1) is 0 Å². The van der Waals surface area contributed by atoms with Gasteiger partial charge in [0, 0.05) is 11.6 Å². The number of benzene rings is 2. The van der Waals surface area contributed by atoms with E-state index < -0.39 is 0 Å². The molecule has 2 aromatic carbocycles. The van der Waals surface area contributed by atoms with E-state index in [0.717, 1.165) is 36.3 Å². The van der Waals surface area contributed by atoms with Crippen molar-refractivity contribution < 1.29 is 14.3 Å². The third-order valence-corrected chi connectivity index (χ3v) is 3.96. The van der Waals surface area contributed by atoms with Gasteiger partial charge in [-0.3, -0.25) is 0 Å². The van der Waals surface area contributed by atoms with Crippen LogP contribution in [0.15, 0.2) is 54.6 Å². The van der Waals surface area contributed by atoms with Gasteiger partial charge in [-0.05, 0) is 41.7 Å². The van der Waals surface area contributed by atoms with Gasteiger partial charge in [0.2, 0.25) is 0 Å². The van der Waals surface area contributed by atoms with Crippen LogP contribution in [-0.2, 0) is 10.2 Å². The smallest absolute Gasteiger partial charge is 0.336 e. The molecular weight excluding hydrogens is 324 g/mol. The molecule has 0 unspecified atom stereocenters. The van der Waals surface area contributed by atoms with Crippen LogP contribution in [0.25, 0.3) is 6.08 Å². The van der Waals surface area contributed by atoms with E-state index in [9.17, 15) is 4.79 Å². The van der Waals surface area contributed by atoms with E-state index >= 15 is 0 Å². The zero-order valence-electron chi connectivity index (χ0n) is 16.1. The summed E-state index contributed by atoms with van der Waals surface area (Å²) in [6.45, 7) is 9.15. The lowest BCUT2D eigenvalue weighted by molar-refractivity contribution is -0.128. The number of para-hydroxylation sites is 1. The third kappa shape index (κ3) is 6.07. The van der Waals surface area contributed by atoms with Crippen molar-refractivity contribution in [2.75, 3.05) is 6.61 Å². The van der Waals surface area contributed by atoms with Crippen LogP contribution in [0.4, 0.5) is 0 Å². The maximum absolute atomic E-state index is 12.2. The summed E-state index contributed by atoms with van der Waals surface area (Å²) in [4.78, 5) is 12.2. The summed E-state index contributed by atoms with van der Waals surface area (Å²) in [5.41, 5.74) is 1.85. The van der Waals surface area contributed by atoms with Crippen LogP contribution in [0.2, 0.25) is 0 Å². The molecule has 0 aliphatic rings. The standard InChI is InChI=1S/C23H28O3/c1-5-6-17-25-19-14-11-18(12-15-19)13-16-22(24)26-21-10-8-7-9-20(21)23(2,3)4/h7-16H,5-6,17H2,1-4H3/b16-13+. The third-order valence-electron chi connectivity index (χ3n) is 3.96. The lowest BCUT2D eigenvalue weighted by atomic mass is 9.86. The van der Waals surface area contributed by atoms with Crippen LogP contribution >= 0.6 is 0 Å². The Hall–Kier alpha value is -2.55. The maximum Gasteiger partial charge on any atom is 0.336 e. The summed E-state index contributed by atoms with van der Waals surface area (Å²) < 4.78 is 11.2. The van der Waals surface area contributed by atoms with Crippen molar-refractivity contribution in [1.82, 2.24) is 0 Å². The molecular formula is C23H28O3. The van der Waals surface area contributed by atoms with Crippen LogP contribution in [-0.4, -0.2) is 12.6 Å². The Morgan fingerprint density at radius 3 is 2.38 bits per heavy atom. The van der Waals surface area contributed by atoms with Crippen LogP contribution in [0.3, 0.4) is 0 Å². The number of esters is 1. The minimum Gasteiger partial charge on any atom is -0.494 e.